The fourth-order valence-electron chi connectivity index (χ4n) is 3.42. The maximum Gasteiger partial charge on any atom is 0.261 e. The molecule has 1 unspecified atom stereocenters. The van der Waals surface area contributed by atoms with Crippen molar-refractivity contribution in [2.24, 2.45) is 0 Å². The highest BCUT2D eigenvalue weighted by atomic mass is 28.4. The van der Waals surface area contributed by atoms with Gasteiger partial charge in [-0.15, -0.1) is 0 Å². The van der Waals surface area contributed by atoms with Crippen molar-refractivity contribution < 1.29 is 13.9 Å². The van der Waals surface area contributed by atoms with Gasteiger partial charge in [0.25, 0.3) is 8.32 Å². The van der Waals surface area contributed by atoms with Gasteiger partial charge in [0.05, 0.1) is 0 Å². The number of hydrogen-bond donors (Lipinski definition) is 1. The minimum atomic E-state index is -2.61. The van der Waals surface area contributed by atoms with E-state index in [1.54, 1.807) is 6.92 Å². The Morgan fingerprint density at radius 1 is 1.04 bits per heavy atom. The van der Waals surface area contributed by atoms with E-state index in [4.69, 9.17) is 4.43 Å². The van der Waals surface area contributed by atoms with E-state index < -0.39 is 20.2 Å². The predicted octanol–water partition coefficient (Wildman–Crippen LogP) is 4.19. The van der Waals surface area contributed by atoms with Crippen LogP contribution in [0.5, 0.6) is 0 Å². The van der Waals surface area contributed by atoms with Gasteiger partial charge in [0.2, 0.25) is 0 Å². The lowest BCUT2D eigenvalue weighted by Gasteiger charge is -2.43. The van der Waals surface area contributed by atoms with Gasteiger partial charge < -0.3 is 9.53 Å². The van der Waals surface area contributed by atoms with Crippen LogP contribution < -0.4 is 10.4 Å². The normalized spacial score (nSPS) is 14.3. The Balaban J connectivity index is 2.44. The molecule has 140 valence electrons. The van der Waals surface area contributed by atoms with Gasteiger partial charge in [-0.1, -0.05) is 87.5 Å². The standard InChI is InChI=1S/C22H29FO2Si/c1-5-20(23)21(24)16-17-25-26(22(2,3)4,18-12-8-6-9-13-18)19-14-10-7-11-15-19/h5-15,21,24H,16-17H2,1-4H3. The molecule has 0 aliphatic rings. The highest BCUT2D eigenvalue weighted by Crippen LogP contribution is 2.36. The van der Waals surface area contributed by atoms with Crippen LogP contribution in [0, 0.1) is 0 Å². The molecule has 2 nitrogen and oxygen atoms in total. The predicted molar refractivity (Wildman–Crippen MR) is 109 cm³/mol. The second-order valence-corrected chi connectivity index (χ2v) is 11.8. The molecular formula is C22H29FO2Si. The largest absolute Gasteiger partial charge is 0.407 e. The lowest BCUT2D eigenvalue weighted by Crippen LogP contribution is -2.66. The fraction of sp³-hybridized carbons (Fsp3) is 0.364. The van der Waals surface area contributed by atoms with Crippen molar-refractivity contribution in [2.45, 2.75) is 45.3 Å². The molecule has 0 bridgehead atoms. The van der Waals surface area contributed by atoms with Crippen molar-refractivity contribution in [3.63, 3.8) is 0 Å². The summed E-state index contributed by atoms with van der Waals surface area (Å²) < 4.78 is 20.2. The molecular weight excluding hydrogens is 343 g/mol. The minimum Gasteiger partial charge on any atom is -0.407 e. The van der Waals surface area contributed by atoms with Crippen LogP contribution in [-0.2, 0) is 4.43 Å². The van der Waals surface area contributed by atoms with Crippen molar-refractivity contribution in [1.82, 2.24) is 0 Å². The summed E-state index contributed by atoms with van der Waals surface area (Å²) in [7, 11) is -2.61. The average molecular weight is 373 g/mol. The molecule has 0 aliphatic heterocycles. The van der Waals surface area contributed by atoms with Gasteiger partial charge in [0, 0.05) is 13.0 Å². The van der Waals surface area contributed by atoms with Gasteiger partial charge >= 0.3 is 0 Å². The van der Waals surface area contributed by atoms with Crippen LogP contribution in [0.3, 0.4) is 0 Å². The summed E-state index contributed by atoms with van der Waals surface area (Å²) in [5, 5.41) is 12.2. The molecule has 0 spiro atoms. The molecule has 1 N–H and O–H groups in total. The summed E-state index contributed by atoms with van der Waals surface area (Å²) in [6.45, 7) is 8.48. The summed E-state index contributed by atoms with van der Waals surface area (Å²) in [4.78, 5) is 0. The summed E-state index contributed by atoms with van der Waals surface area (Å²) in [6.07, 6.45) is 0.423. The Hall–Kier alpha value is -1.75. The quantitative estimate of drug-likeness (QED) is 0.739. The van der Waals surface area contributed by atoms with Crippen molar-refractivity contribution in [1.29, 1.82) is 0 Å². The van der Waals surface area contributed by atoms with Gasteiger partial charge in [-0.25, -0.2) is 4.39 Å². The van der Waals surface area contributed by atoms with E-state index in [1.807, 2.05) is 36.4 Å². The first-order chi connectivity index (χ1) is 12.3. The third kappa shape index (κ3) is 4.31. The molecule has 0 aromatic heterocycles. The Labute approximate surface area is 157 Å². The smallest absolute Gasteiger partial charge is 0.261 e. The van der Waals surface area contributed by atoms with Gasteiger partial charge in [0.15, 0.2) is 0 Å². The first-order valence-electron chi connectivity index (χ1n) is 9.07. The molecule has 1 atom stereocenters. The summed E-state index contributed by atoms with van der Waals surface area (Å²) >= 11 is 0. The minimum absolute atomic E-state index is 0.125. The molecule has 2 aromatic rings. The number of allylic oxidation sites excluding steroid dienone is 1. The number of rotatable bonds is 7. The monoisotopic (exact) mass is 372 g/mol. The molecule has 0 saturated carbocycles. The zero-order chi connectivity index (χ0) is 19.2. The van der Waals surface area contributed by atoms with Crippen LogP contribution in [0.25, 0.3) is 0 Å². The maximum atomic E-state index is 13.6. The van der Waals surface area contributed by atoms with Crippen molar-refractivity contribution in [2.75, 3.05) is 6.61 Å². The Kier molecular flexibility index (Phi) is 6.92. The van der Waals surface area contributed by atoms with E-state index in [0.29, 0.717) is 6.61 Å². The Morgan fingerprint density at radius 3 is 1.88 bits per heavy atom. The zero-order valence-corrected chi connectivity index (χ0v) is 17.1. The lowest BCUT2D eigenvalue weighted by atomic mass is 10.2. The summed E-state index contributed by atoms with van der Waals surface area (Å²) in [5.74, 6) is -0.504. The second kappa shape index (κ2) is 8.76. The number of aliphatic hydroxyl groups excluding tert-OH is 1. The van der Waals surface area contributed by atoms with Crippen LogP contribution in [0.2, 0.25) is 5.04 Å². The highest BCUT2D eigenvalue weighted by Gasteiger charge is 2.50. The molecule has 0 amide bonds. The van der Waals surface area contributed by atoms with Crippen LogP contribution >= 0.6 is 0 Å². The topological polar surface area (TPSA) is 29.5 Å². The molecule has 2 aromatic carbocycles. The van der Waals surface area contributed by atoms with E-state index in [-0.39, 0.29) is 11.5 Å². The van der Waals surface area contributed by atoms with Crippen LogP contribution in [0.15, 0.2) is 72.6 Å². The second-order valence-electron chi connectivity index (χ2n) is 7.49. The number of aliphatic hydroxyl groups is 1. The lowest BCUT2D eigenvalue weighted by molar-refractivity contribution is 0.144. The van der Waals surface area contributed by atoms with Crippen LogP contribution in [0.1, 0.15) is 34.1 Å². The third-order valence-corrected chi connectivity index (χ3v) is 9.76. The first-order valence-corrected chi connectivity index (χ1v) is 11.0. The van der Waals surface area contributed by atoms with E-state index in [0.717, 1.165) is 0 Å². The zero-order valence-electron chi connectivity index (χ0n) is 16.1. The molecule has 26 heavy (non-hydrogen) atoms. The van der Waals surface area contributed by atoms with Gasteiger partial charge in [-0.3, -0.25) is 0 Å². The van der Waals surface area contributed by atoms with E-state index in [2.05, 4.69) is 45.0 Å². The van der Waals surface area contributed by atoms with Crippen LogP contribution in [-0.4, -0.2) is 26.1 Å². The van der Waals surface area contributed by atoms with Gasteiger partial charge in [0.1, 0.15) is 11.9 Å². The number of hydrogen-bond acceptors (Lipinski definition) is 2. The van der Waals surface area contributed by atoms with E-state index >= 15 is 0 Å². The first kappa shape index (κ1) is 20.6. The molecule has 0 aliphatic carbocycles. The molecule has 0 radical (unpaired) electrons. The SMILES string of the molecule is CC=C(F)C(O)CCO[Si](c1ccccc1)(c1ccccc1)C(C)(C)C. The van der Waals surface area contributed by atoms with Crippen molar-refractivity contribution in [3.8, 4) is 0 Å². The van der Waals surface area contributed by atoms with Gasteiger partial charge in [-0.2, -0.15) is 0 Å². The van der Waals surface area contributed by atoms with Crippen LogP contribution in [0.4, 0.5) is 4.39 Å². The molecule has 0 heterocycles. The summed E-state index contributed by atoms with van der Waals surface area (Å²) in [6, 6.07) is 20.6. The molecule has 0 fully saturated rings. The Morgan fingerprint density at radius 2 is 1.50 bits per heavy atom. The third-order valence-electron chi connectivity index (χ3n) is 4.72. The molecule has 4 heteroatoms. The van der Waals surface area contributed by atoms with E-state index in [1.165, 1.54) is 16.4 Å². The highest BCUT2D eigenvalue weighted by molar-refractivity contribution is 6.99. The number of benzene rings is 2. The molecule has 2 rings (SSSR count). The molecule has 0 saturated heterocycles. The Bertz CT molecular complexity index is 668. The average Bonchev–Trinajstić information content (AvgIpc) is 2.64. The van der Waals surface area contributed by atoms with Crippen molar-refractivity contribution >= 4 is 18.7 Å². The maximum absolute atomic E-state index is 13.6. The van der Waals surface area contributed by atoms with Gasteiger partial charge in [-0.05, 0) is 22.3 Å². The van der Waals surface area contributed by atoms with E-state index in [9.17, 15) is 9.50 Å². The van der Waals surface area contributed by atoms with Crippen molar-refractivity contribution in [3.05, 3.63) is 72.6 Å². The fourth-order valence-corrected chi connectivity index (χ4v) is 8.00. The summed E-state index contributed by atoms with van der Waals surface area (Å²) in [5.41, 5.74) is 0. The number of halogens is 1.